The molecule has 2 aromatic heterocycles. The summed E-state index contributed by atoms with van der Waals surface area (Å²) in [4.78, 5) is 4.22. The minimum Gasteiger partial charge on any atom is -0.403 e. The Balaban J connectivity index is 0. The van der Waals surface area contributed by atoms with Crippen molar-refractivity contribution in [1.29, 1.82) is 0 Å². The average molecular weight is 372 g/mol. The summed E-state index contributed by atoms with van der Waals surface area (Å²) in [5, 5.41) is 3.71. The lowest BCUT2D eigenvalue weighted by Crippen LogP contribution is -2.17. The highest BCUT2D eigenvalue weighted by Gasteiger charge is 2.28. The van der Waals surface area contributed by atoms with Gasteiger partial charge in [0.25, 0.3) is 0 Å². The highest BCUT2D eigenvalue weighted by atomic mass is 19.4. The summed E-state index contributed by atoms with van der Waals surface area (Å²) in [6, 6.07) is 3.64. The van der Waals surface area contributed by atoms with E-state index in [1.54, 1.807) is 6.92 Å². The predicted octanol–water partition coefficient (Wildman–Crippen LogP) is 5.66. The van der Waals surface area contributed by atoms with E-state index < -0.39 is 12.7 Å². The van der Waals surface area contributed by atoms with E-state index in [0.717, 1.165) is 21.6 Å². The van der Waals surface area contributed by atoms with Crippen LogP contribution in [0.5, 0.6) is 0 Å². The van der Waals surface area contributed by atoms with Crippen LogP contribution in [0.3, 0.4) is 0 Å². The molecule has 2 rings (SSSR count). The first kappa shape index (κ1) is 25.9. The first-order valence-electron chi connectivity index (χ1n) is 8.52. The fraction of sp³-hybridized carbons (Fsp3) is 0.474. The Bertz CT molecular complexity index is 622. The van der Waals surface area contributed by atoms with Crippen molar-refractivity contribution >= 4 is 0 Å². The van der Waals surface area contributed by atoms with Crippen molar-refractivity contribution in [2.75, 3.05) is 0 Å². The van der Waals surface area contributed by atoms with Gasteiger partial charge < -0.3 is 5.73 Å². The second-order valence-corrected chi connectivity index (χ2v) is 5.03. The van der Waals surface area contributed by atoms with Gasteiger partial charge in [0.2, 0.25) is 0 Å². The smallest absolute Gasteiger partial charge is 0.403 e. The first-order valence-corrected chi connectivity index (χ1v) is 8.52. The second-order valence-electron chi connectivity index (χ2n) is 5.03. The van der Waals surface area contributed by atoms with Gasteiger partial charge in [-0.05, 0) is 44.2 Å². The molecule has 0 spiro atoms. The number of nitrogens with two attached hydrogens (primary N) is 1. The van der Waals surface area contributed by atoms with Gasteiger partial charge in [0.15, 0.2) is 0 Å². The summed E-state index contributed by atoms with van der Waals surface area (Å²) >= 11 is 0. The quantitative estimate of drug-likeness (QED) is 0.740. The highest BCUT2D eigenvalue weighted by molar-refractivity contribution is 5.62. The molecule has 0 aliphatic heterocycles. The lowest BCUT2D eigenvalue weighted by atomic mass is 10.1. The third-order valence-electron chi connectivity index (χ3n) is 2.39. The van der Waals surface area contributed by atoms with Crippen molar-refractivity contribution in [2.45, 2.75) is 61.2 Å². The summed E-state index contributed by atoms with van der Waals surface area (Å²) in [7, 11) is 0. The Kier molecular flexibility index (Phi) is 12.9. The SMILES string of the molecule is C=C(C)N.CC.CC.Cc1cc(-c2cnn(CC(F)(F)F)c2)cc(C)n1. The molecule has 148 valence electrons. The number of alkyl halides is 3. The standard InChI is InChI=1S/C12H12F3N3.C3H7N.2C2H6/c1-8-3-10(4-9(2)17-8)11-5-16-18(6-11)7-12(13,14)15;1-3(2)4;2*1-2/h3-6H,7H2,1-2H3;1,4H2,2H3;2*1-2H3. The molecule has 0 fully saturated rings. The van der Waals surface area contributed by atoms with Crippen molar-refractivity contribution < 1.29 is 13.2 Å². The van der Waals surface area contributed by atoms with Crippen LogP contribution in [0, 0.1) is 13.8 Å². The zero-order valence-electron chi connectivity index (χ0n) is 16.8. The fourth-order valence-corrected chi connectivity index (χ4v) is 1.78. The molecule has 0 aliphatic carbocycles. The van der Waals surface area contributed by atoms with E-state index in [1.807, 2.05) is 53.7 Å². The molecule has 0 unspecified atom stereocenters. The number of aryl methyl sites for hydroxylation is 2. The van der Waals surface area contributed by atoms with Gasteiger partial charge >= 0.3 is 6.18 Å². The summed E-state index contributed by atoms with van der Waals surface area (Å²) in [6.45, 7) is 15.7. The van der Waals surface area contributed by atoms with Gasteiger partial charge in [-0.1, -0.05) is 34.3 Å². The van der Waals surface area contributed by atoms with E-state index in [0.29, 0.717) is 11.3 Å². The molecule has 0 saturated heterocycles. The number of allylic oxidation sites excluding steroid dienone is 1. The van der Waals surface area contributed by atoms with Crippen molar-refractivity contribution in [3.8, 4) is 11.1 Å². The van der Waals surface area contributed by atoms with E-state index in [2.05, 4.69) is 16.7 Å². The summed E-state index contributed by atoms with van der Waals surface area (Å²) in [5.41, 5.74) is 8.73. The van der Waals surface area contributed by atoms with Crippen molar-refractivity contribution in [3.63, 3.8) is 0 Å². The lowest BCUT2D eigenvalue weighted by Gasteiger charge is -2.05. The number of pyridine rings is 1. The number of rotatable bonds is 2. The third kappa shape index (κ3) is 12.1. The van der Waals surface area contributed by atoms with Gasteiger partial charge in [-0.15, -0.1) is 0 Å². The third-order valence-corrected chi connectivity index (χ3v) is 2.39. The van der Waals surface area contributed by atoms with E-state index in [-0.39, 0.29) is 0 Å². The summed E-state index contributed by atoms with van der Waals surface area (Å²) in [6.07, 6.45) is -1.44. The fourth-order valence-electron chi connectivity index (χ4n) is 1.78. The zero-order valence-corrected chi connectivity index (χ0v) is 16.8. The van der Waals surface area contributed by atoms with Crippen LogP contribution < -0.4 is 5.73 Å². The molecule has 2 N–H and O–H groups in total. The molecule has 0 radical (unpaired) electrons. The molecular weight excluding hydrogens is 341 g/mol. The molecule has 7 heteroatoms. The van der Waals surface area contributed by atoms with Gasteiger partial charge in [-0.2, -0.15) is 18.3 Å². The Morgan fingerprint density at radius 1 is 1.08 bits per heavy atom. The maximum atomic E-state index is 12.2. The van der Waals surface area contributed by atoms with Crippen LogP contribution in [0.4, 0.5) is 13.2 Å². The number of hydrogen-bond donors (Lipinski definition) is 1. The van der Waals surface area contributed by atoms with Gasteiger partial charge in [-0.25, -0.2) is 0 Å². The van der Waals surface area contributed by atoms with Crippen LogP contribution in [0.15, 0.2) is 36.8 Å². The molecule has 26 heavy (non-hydrogen) atoms. The second kappa shape index (κ2) is 13.0. The number of hydrogen-bond acceptors (Lipinski definition) is 3. The lowest BCUT2D eigenvalue weighted by molar-refractivity contribution is -0.142. The average Bonchev–Trinajstić information content (AvgIpc) is 2.96. The van der Waals surface area contributed by atoms with Crippen molar-refractivity contribution in [1.82, 2.24) is 14.8 Å². The largest absolute Gasteiger partial charge is 0.408 e. The van der Waals surface area contributed by atoms with E-state index in [9.17, 15) is 13.2 Å². The Labute approximate surface area is 154 Å². The Morgan fingerprint density at radius 3 is 1.88 bits per heavy atom. The maximum Gasteiger partial charge on any atom is 0.408 e. The molecule has 0 saturated carbocycles. The van der Waals surface area contributed by atoms with Crippen LogP contribution >= 0.6 is 0 Å². The van der Waals surface area contributed by atoms with Crippen molar-refractivity contribution in [2.24, 2.45) is 5.73 Å². The van der Waals surface area contributed by atoms with Crippen LogP contribution in [0.2, 0.25) is 0 Å². The minimum atomic E-state index is -4.26. The molecule has 0 aromatic carbocycles. The monoisotopic (exact) mass is 372 g/mol. The molecule has 0 aliphatic rings. The Hall–Kier alpha value is -2.31. The number of halogens is 3. The van der Waals surface area contributed by atoms with E-state index in [4.69, 9.17) is 5.73 Å². The Morgan fingerprint density at radius 2 is 1.50 bits per heavy atom. The summed E-state index contributed by atoms with van der Waals surface area (Å²) < 4.78 is 37.5. The van der Waals surface area contributed by atoms with Crippen LogP contribution in [0.25, 0.3) is 11.1 Å². The number of nitrogens with zero attached hydrogens (tertiary/aromatic N) is 3. The van der Waals surface area contributed by atoms with Gasteiger partial charge in [0.05, 0.1) is 6.20 Å². The van der Waals surface area contributed by atoms with Gasteiger partial charge in [-0.3, -0.25) is 9.67 Å². The summed E-state index contributed by atoms with van der Waals surface area (Å²) in [5.74, 6) is 0. The zero-order chi connectivity index (χ0) is 20.9. The normalized spacial score (nSPS) is 9.62. The molecule has 0 atom stereocenters. The molecule has 0 bridgehead atoms. The first-order chi connectivity index (χ1) is 12.1. The van der Waals surface area contributed by atoms with Gasteiger partial charge in [0, 0.05) is 23.1 Å². The van der Waals surface area contributed by atoms with Crippen LogP contribution in [-0.4, -0.2) is 20.9 Å². The predicted molar refractivity (Wildman–Crippen MR) is 103 cm³/mol. The van der Waals surface area contributed by atoms with E-state index >= 15 is 0 Å². The van der Waals surface area contributed by atoms with Crippen LogP contribution in [-0.2, 0) is 6.54 Å². The molecule has 2 heterocycles. The molecule has 4 nitrogen and oxygen atoms in total. The van der Waals surface area contributed by atoms with Crippen molar-refractivity contribution in [3.05, 3.63) is 48.2 Å². The number of aromatic nitrogens is 3. The topological polar surface area (TPSA) is 56.7 Å². The minimum absolute atomic E-state index is 0.660. The van der Waals surface area contributed by atoms with Gasteiger partial charge in [0.1, 0.15) is 6.54 Å². The highest BCUT2D eigenvalue weighted by Crippen LogP contribution is 2.22. The molecule has 2 aromatic rings. The maximum absolute atomic E-state index is 12.2. The molecular formula is C19H31F3N4. The van der Waals surface area contributed by atoms with Crippen LogP contribution in [0.1, 0.15) is 46.0 Å². The van der Waals surface area contributed by atoms with E-state index in [1.165, 1.54) is 12.4 Å². The molecule has 0 amide bonds.